The summed E-state index contributed by atoms with van der Waals surface area (Å²) in [5, 5.41) is 13.3. The van der Waals surface area contributed by atoms with Gasteiger partial charge in [0.1, 0.15) is 5.57 Å². The summed E-state index contributed by atoms with van der Waals surface area (Å²) >= 11 is 0. The number of rotatable bonds is 4. The molecule has 27 heavy (non-hydrogen) atoms. The van der Waals surface area contributed by atoms with E-state index in [1.54, 1.807) is 10.9 Å². The van der Waals surface area contributed by atoms with Crippen molar-refractivity contribution in [2.45, 2.75) is 13.0 Å². The minimum atomic E-state index is -0.671. The highest BCUT2D eigenvalue weighted by atomic mass is 16.2. The van der Waals surface area contributed by atoms with Crippen LogP contribution in [-0.2, 0) is 16.1 Å². The van der Waals surface area contributed by atoms with Crippen LogP contribution >= 0.6 is 0 Å². The molecule has 1 aromatic heterocycles. The summed E-state index contributed by atoms with van der Waals surface area (Å²) in [5.41, 5.74) is 1.85. The summed E-state index contributed by atoms with van der Waals surface area (Å²) in [6.07, 6.45) is 3.41. The molecule has 1 saturated heterocycles. The minimum absolute atomic E-state index is 0.114. The van der Waals surface area contributed by atoms with Gasteiger partial charge in [0, 0.05) is 31.4 Å². The van der Waals surface area contributed by atoms with Crippen LogP contribution in [-0.4, -0.2) is 51.5 Å². The number of amides is 4. The van der Waals surface area contributed by atoms with Crippen molar-refractivity contribution < 1.29 is 14.4 Å². The van der Waals surface area contributed by atoms with E-state index in [0.717, 1.165) is 15.4 Å². The van der Waals surface area contributed by atoms with Gasteiger partial charge in [0.2, 0.25) is 0 Å². The van der Waals surface area contributed by atoms with Crippen LogP contribution in [0.1, 0.15) is 12.0 Å². The third kappa shape index (κ3) is 3.35. The average Bonchev–Trinajstić information content (AvgIpc) is 3.10. The number of carbonyl (C=O) groups is 3. The highest BCUT2D eigenvalue weighted by molar-refractivity contribution is 6.30. The maximum absolute atomic E-state index is 12.4. The Kier molecular flexibility index (Phi) is 4.86. The van der Waals surface area contributed by atoms with Crippen molar-refractivity contribution >= 4 is 23.9 Å². The van der Waals surface area contributed by atoms with Crippen LogP contribution in [0.2, 0.25) is 0 Å². The predicted octanol–water partition coefficient (Wildman–Crippen LogP) is 1.90. The summed E-state index contributed by atoms with van der Waals surface area (Å²) in [5.74, 6) is -1.32. The zero-order valence-corrected chi connectivity index (χ0v) is 14.9. The lowest BCUT2D eigenvalue weighted by molar-refractivity contribution is -0.134. The highest BCUT2D eigenvalue weighted by Crippen LogP contribution is 2.26. The van der Waals surface area contributed by atoms with Crippen molar-refractivity contribution in [3.8, 4) is 17.3 Å². The number of benzene rings is 1. The van der Waals surface area contributed by atoms with E-state index in [9.17, 15) is 14.4 Å². The SMILES string of the molecule is CN1C(=O)C(=Cc2cn(CCC#N)nc2-c2ccccc2)C(=O)N(C)C1=O. The fourth-order valence-electron chi connectivity index (χ4n) is 2.77. The van der Waals surface area contributed by atoms with Crippen LogP contribution in [0.3, 0.4) is 0 Å². The Bertz CT molecular complexity index is 959. The number of likely N-dealkylation sites (N-methyl/N-ethyl adjacent to an activating group) is 2. The summed E-state index contributed by atoms with van der Waals surface area (Å²) in [6.45, 7) is 0.389. The molecule has 1 aliphatic rings. The van der Waals surface area contributed by atoms with Crippen molar-refractivity contribution in [3.05, 3.63) is 47.7 Å². The molecule has 0 saturated carbocycles. The molecule has 1 fully saturated rings. The average molecular weight is 363 g/mol. The van der Waals surface area contributed by atoms with E-state index >= 15 is 0 Å². The zero-order chi connectivity index (χ0) is 19.6. The molecule has 2 aromatic rings. The van der Waals surface area contributed by atoms with E-state index in [1.807, 2.05) is 30.3 Å². The molecule has 1 aromatic carbocycles. The lowest BCUT2D eigenvalue weighted by Gasteiger charge is -2.28. The quantitative estimate of drug-likeness (QED) is 0.610. The number of nitriles is 1. The van der Waals surface area contributed by atoms with Crippen molar-refractivity contribution in [2.75, 3.05) is 14.1 Å². The Morgan fingerprint density at radius 3 is 2.30 bits per heavy atom. The molecule has 136 valence electrons. The fourth-order valence-corrected chi connectivity index (χ4v) is 2.77. The number of barbiturate groups is 1. The number of aryl methyl sites for hydroxylation is 1. The summed E-state index contributed by atoms with van der Waals surface area (Å²) < 4.78 is 1.61. The van der Waals surface area contributed by atoms with Crippen LogP contribution in [0.15, 0.2) is 42.1 Å². The second-order valence-corrected chi connectivity index (χ2v) is 6.04. The van der Waals surface area contributed by atoms with E-state index in [2.05, 4.69) is 11.2 Å². The Morgan fingerprint density at radius 2 is 1.70 bits per heavy atom. The zero-order valence-electron chi connectivity index (χ0n) is 14.9. The Balaban J connectivity index is 2.10. The summed E-state index contributed by atoms with van der Waals surface area (Å²) in [7, 11) is 2.66. The third-order valence-electron chi connectivity index (χ3n) is 4.23. The predicted molar refractivity (Wildman–Crippen MR) is 96.8 cm³/mol. The first-order chi connectivity index (χ1) is 12.9. The number of aromatic nitrogens is 2. The number of urea groups is 1. The van der Waals surface area contributed by atoms with Gasteiger partial charge in [0.05, 0.1) is 24.7 Å². The first-order valence-electron chi connectivity index (χ1n) is 8.25. The van der Waals surface area contributed by atoms with Gasteiger partial charge < -0.3 is 0 Å². The summed E-state index contributed by atoms with van der Waals surface area (Å²) in [6, 6.07) is 10.7. The van der Waals surface area contributed by atoms with E-state index in [-0.39, 0.29) is 12.0 Å². The van der Waals surface area contributed by atoms with Gasteiger partial charge in [-0.25, -0.2) is 4.79 Å². The normalized spacial score (nSPS) is 14.6. The molecule has 4 amide bonds. The van der Waals surface area contributed by atoms with Crippen LogP contribution < -0.4 is 0 Å². The molecular weight excluding hydrogens is 346 g/mol. The number of carbonyl (C=O) groups excluding carboxylic acids is 3. The van der Waals surface area contributed by atoms with Crippen LogP contribution in [0.4, 0.5) is 4.79 Å². The first kappa shape index (κ1) is 18.1. The molecule has 0 aliphatic carbocycles. The van der Waals surface area contributed by atoms with Crippen molar-refractivity contribution in [1.29, 1.82) is 5.26 Å². The molecule has 3 rings (SSSR count). The first-order valence-corrected chi connectivity index (χ1v) is 8.25. The van der Waals surface area contributed by atoms with Gasteiger partial charge >= 0.3 is 6.03 Å². The van der Waals surface area contributed by atoms with Crippen molar-refractivity contribution in [3.63, 3.8) is 0 Å². The number of hydrogen-bond acceptors (Lipinski definition) is 5. The standard InChI is InChI=1S/C19H17N5O3/c1-22-17(25)15(18(26)23(2)19(22)27)11-14-12-24(10-6-9-20)21-16(14)13-7-4-3-5-8-13/h3-5,7-8,11-12H,6,10H2,1-2H3. The van der Waals surface area contributed by atoms with Gasteiger partial charge in [-0.2, -0.15) is 10.4 Å². The molecule has 1 aliphatic heterocycles. The van der Waals surface area contributed by atoms with Gasteiger partial charge in [-0.1, -0.05) is 30.3 Å². The van der Waals surface area contributed by atoms with Gasteiger partial charge in [0.15, 0.2) is 0 Å². The van der Waals surface area contributed by atoms with Gasteiger partial charge in [-0.05, 0) is 6.08 Å². The molecule has 0 unspecified atom stereocenters. The monoisotopic (exact) mass is 363 g/mol. The van der Waals surface area contributed by atoms with E-state index in [1.165, 1.54) is 20.2 Å². The molecule has 0 N–H and O–H groups in total. The number of hydrogen-bond donors (Lipinski definition) is 0. The largest absolute Gasteiger partial charge is 0.333 e. The molecule has 0 bridgehead atoms. The Labute approximate surface area is 155 Å². The second-order valence-electron chi connectivity index (χ2n) is 6.04. The molecule has 8 nitrogen and oxygen atoms in total. The second kappa shape index (κ2) is 7.25. The van der Waals surface area contributed by atoms with E-state index in [4.69, 9.17) is 5.26 Å². The highest BCUT2D eigenvalue weighted by Gasteiger charge is 2.38. The van der Waals surface area contributed by atoms with Crippen LogP contribution in [0, 0.1) is 11.3 Å². The van der Waals surface area contributed by atoms with Crippen molar-refractivity contribution in [1.82, 2.24) is 19.6 Å². The minimum Gasteiger partial charge on any atom is -0.270 e. The molecule has 0 atom stereocenters. The molecule has 8 heteroatoms. The van der Waals surface area contributed by atoms with Crippen LogP contribution in [0.5, 0.6) is 0 Å². The van der Waals surface area contributed by atoms with Gasteiger partial charge in [-0.3, -0.25) is 24.1 Å². The van der Waals surface area contributed by atoms with E-state index in [0.29, 0.717) is 17.8 Å². The number of nitrogens with zero attached hydrogens (tertiary/aromatic N) is 5. The molecule has 0 spiro atoms. The van der Waals surface area contributed by atoms with Gasteiger partial charge in [0.25, 0.3) is 11.8 Å². The maximum Gasteiger partial charge on any atom is 0.333 e. The summed E-state index contributed by atoms with van der Waals surface area (Å²) in [4.78, 5) is 38.6. The topological polar surface area (TPSA) is 99.3 Å². The molecule has 0 radical (unpaired) electrons. The van der Waals surface area contributed by atoms with Gasteiger partial charge in [-0.15, -0.1) is 0 Å². The Hall–Kier alpha value is -3.73. The molecular formula is C19H17N5O3. The van der Waals surface area contributed by atoms with Crippen LogP contribution in [0.25, 0.3) is 17.3 Å². The number of imide groups is 2. The third-order valence-corrected chi connectivity index (χ3v) is 4.23. The Morgan fingerprint density at radius 1 is 1.07 bits per heavy atom. The lowest BCUT2D eigenvalue weighted by atomic mass is 10.0. The smallest absolute Gasteiger partial charge is 0.270 e. The fraction of sp³-hybridized carbons (Fsp3) is 0.211. The maximum atomic E-state index is 12.4. The lowest BCUT2D eigenvalue weighted by Crippen LogP contribution is -2.52. The van der Waals surface area contributed by atoms with E-state index < -0.39 is 17.8 Å². The molecule has 2 heterocycles. The van der Waals surface area contributed by atoms with Crippen molar-refractivity contribution in [2.24, 2.45) is 0 Å².